The molecule has 0 atom stereocenters. The van der Waals surface area contributed by atoms with Crippen molar-refractivity contribution in [3.05, 3.63) is 50.9 Å². The molecule has 6 nitrogen and oxygen atoms in total. The highest BCUT2D eigenvalue weighted by Crippen LogP contribution is 2.35. The molecular weight excluding hydrogens is 348 g/mol. The maximum absolute atomic E-state index is 13.5. The Morgan fingerprint density at radius 2 is 1.88 bits per heavy atom. The van der Waals surface area contributed by atoms with Gasteiger partial charge in [-0.2, -0.15) is 0 Å². The second-order valence-corrected chi connectivity index (χ2v) is 7.70. The van der Waals surface area contributed by atoms with E-state index in [9.17, 15) is 4.79 Å². The number of methoxy groups -OCH3 is 1. The molecule has 0 spiro atoms. The number of aryl methyl sites for hydroxylation is 3. The summed E-state index contributed by atoms with van der Waals surface area (Å²) in [6, 6.07) is 7.48. The normalized spacial score (nSPS) is 14.1. The van der Waals surface area contributed by atoms with Crippen molar-refractivity contribution in [2.45, 2.75) is 32.6 Å². The van der Waals surface area contributed by atoms with Crippen LogP contribution in [0.3, 0.4) is 0 Å². The molecule has 0 unspecified atom stereocenters. The van der Waals surface area contributed by atoms with Gasteiger partial charge < -0.3 is 4.74 Å². The van der Waals surface area contributed by atoms with Gasteiger partial charge in [-0.15, -0.1) is 21.5 Å². The van der Waals surface area contributed by atoms with Gasteiger partial charge in [0.1, 0.15) is 16.4 Å². The Balaban J connectivity index is 1.92. The van der Waals surface area contributed by atoms with E-state index in [0.717, 1.165) is 46.7 Å². The molecular formula is C19H18N4O2S. The van der Waals surface area contributed by atoms with Crippen molar-refractivity contribution < 1.29 is 4.74 Å². The average molecular weight is 366 g/mol. The van der Waals surface area contributed by atoms with Gasteiger partial charge in [-0.1, -0.05) is 0 Å². The molecule has 0 radical (unpaired) electrons. The second-order valence-electron chi connectivity index (χ2n) is 6.61. The summed E-state index contributed by atoms with van der Waals surface area (Å²) in [6.45, 7) is 1.93. The number of hydrogen-bond donors (Lipinski definition) is 0. The maximum Gasteiger partial charge on any atom is 0.268 e. The van der Waals surface area contributed by atoms with E-state index in [1.165, 1.54) is 16.9 Å². The minimum atomic E-state index is -0.00975. The van der Waals surface area contributed by atoms with Gasteiger partial charge in [0, 0.05) is 4.88 Å². The first-order valence-electron chi connectivity index (χ1n) is 8.74. The third-order valence-electron chi connectivity index (χ3n) is 5.11. The zero-order valence-corrected chi connectivity index (χ0v) is 15.5. The van der Waals surface area contributed by atoms with Crippen LogP contribution >= 0.6 is 11.3 Å². The minimum absolute atomic E-state index is 0.00975. The van der Waals surface area contributed by atoms with Crippen molar-refractivity contribution in [1.82, 2.24) is 19.2 Å². The van der Waals surface area contributed by atoms with Gasteiger partial charge in [0.2, 0.25) is 5.78 Å². The molecule has 0 aliphatic heterocycles. The number of ether oxygens (including phenoxy) is 1. The molecule has 26 heavy (non-hydrogen) atoms. The summed E-state index contributed by atoms with van der Waals surface area (Å²) in [5.41, 5.74) is 1.98. The highest BCUT2D eigenvalue weighted by Gasteiger charge is 2.24. The molecule has 5 rings (SSSR count). The molecule has 0 fully saturated rings. The fourth-order valence-electron chi connectivity index (χ4n) is 3.83. The monoisotopic (exact) mass is 366 g/mol. The van der Waals surface area contributed by atoms with Gasteiger partial charge in [0.25, 0.3) is 5.56 Å². The Morgan fingerprint density at radius 1 is 1.12 bits per heavy atom. The summed E-state index contributed by atoms with van der Waals surface area (Å²) in [4.78, 5) is 15.8. The Kier molecular flexibility index (Phi) is 3.40. The molecule has 3 aromatic heterocycles. The molecule has 1 aromatic carbocycles. The SMILES string of the molecule is COc1ccc(-n2c(=O)c3c4c(sc3n3c(C)nnc23)CCCC4)cc1. The summed E-state index contributed by atoms with van der Waals surface area (Å²) < 4.78 is 8.93. The number of fused-ring (bicyclic) bond motifs is 5. The Morgan fingerprint density at radius 3 is 2.65 bits per heavy atom. The predicted octanol–water partition coefficient (Wildman–Crippen LogP) is 3.29. The van der Waals surface area contributed by atoms with E-state index in [1.54, 1.807) is 23.0 Å². The van der Waals surface area contributed by atoms with Gasteiger partial charge in [0.15, 0.2) is 0 Å². The highest BCUT2D eigenvalue weighted by atomic mass is 32.1. The van der Waals surface area contributed by atoms with E-state index in [1.807, 2.05) is 35.6 Å². The van der Waals surface area contributed by atoms with E-state index in [4.69, 9.17) is 4.74 Å². The standard InChI is InChI=1S/C19H18N4O2S/c1-11-20-21-19-22(11)18-16(14-5-3-4-6-15(14)26-18)17(24)23(19)12-7-9-13(25-2)10-8-12/h7-10H,3-6H2,1-2H3. The maximum atomic E-state index is 13.5. The predicted molar refractivity (Wildman–Crippen MR) is 102 cm³/mol. The fraction of sp³-hybridized carbons (Fsp3) is 0.316. The summed E-state index contributed by atoms with van der Waals surface area (Å²) in [5.74, 6) is 2.11. The van der Waals surface area contributed by atoms with Crippen molar-refractivity contribution in [1.29, 1.82) is 0 Å². The first-order chi connectivity index (χ1) is 12.7. The molecule has 0 saturated carbocycles. The molecule has 1 aliphatic rings. The lowest BCUT2D eigenvalue weighted by Gasteiger charge is -2.12. The van der Waals surface area contributed by atoms with Crippen LogP contribution in [0.1, 0.15) is 29.1 Å². The summed E-state index contributed by atoms with van der Waals surface area (Å²) in [5, 5.41) is 9.38. The average Bonchev–Trinajstić information content (AvgIpc) is 3.23. The number of benzene rings is 1. The topological polar surface area (TPSA) is 61.4 Å². The van der Waals surface area contributed by atoms with Gasteiger partial charge in [-0.3, -0.25) is 9.20 Å². The second kappa shape index (κ2) is 5.67. The third-order valence-corrected chi connectivity index (χ3v) is 6.39. The van der Waals surface area contributed by atoms with Gasteiger partial charge in [-0.25, -0.2) is 4.57 Å². The zero-order chi connectivity index (χ0) is 17.8. The Labute approximate surface area is 153 Å². The lowest BCUT2D eigenvalue weighted by molar-refractivity contribution is 0.414. The van der Waals surface area contributed by atoms with Crippen LogP contribution in [-0.4, -0.2) is 26.3 Å². The number of thiophene rings is 1. The molecule has 7 heteroatoms. The number of hydrogen-bond acceptors (Lipinski definition) is 5. The highest BCUT2D eigenvalue weighted by molar-refractivity contribution is 7.18. The van der Waals surface area contributed by atoms with Crippen LogP contribution in [0.15, 0.2) is 29.1 Å². The fourth-order valence-corrected chi connectivity index (χ4v) is 5.25. The first-order valence-corrected chi connectivity index (χ1v) is 9.56. The Bertz CT molecular complexity index is 1200. The van der Waals surface area contributed by atoms with Crippen molar-refractivity contribution in [3.63, 3.8) is 0 Å². The molecule has 4 aromatic rings. The van der Waals surface area contributed by atoms with Crippen LogP contribution in [0.4, 0.5) is 0 Å². The largest absolute Gasteiger partial charge is 0.497 e. The minimum Gasteiger partial charge on any atom is -0.497 e. The number of rotatable bonds is 2. The first kappa shape index (κ1) is 15.6. The molecule has 132 valence electrons. The zero-order valence-electron chi connectivity index (χ0n) is 14.7. The van der Waals surface area contributed by atoms with Crippen molar-refractivity contribution in [3.8, 4) is 11.4 Å². The Hall–Kier alpha value is -2.67. The molecule has 0 N–H and O–H groups in total. The van der Waals surface area contributed by atoms with Crippen molar-refractivity contribution in [2.75, 3.05) is 7.11 Å². The van der Waals surface area contributed by atoms with Crippen LogP contribution in [0.25, 0.3) is 21.7 Å². The molecule has 1 aliphatic carbocycles. The van der Waals surface area contributed by atoms with Gasteiger partial charge in [-0.05, 0) is 62.4 Å². The van der Waals surface area contributed by atoms with E-state index >= 15 is 0 Å². The van der Waals surface area contributed by atoms with Crippen LogP contribution in [0.5, 0.6) is 5.75 Å². The van der Waals surface area contributed by atoms with E-state index in [2.05, 4.69) is 10.2 Å². The number of nitrogens with zero attached hydrogens (tertiary/aromatic N) is 4. The summed E-state index contributed by atoms with van der Waals surface area (Å²) in [7, 11) is 1.63. The summed E-state index contributed by atoms with van der Waals surface area (Å²) >= 11 is 1.72. The van der Waals surface area contributed by atoms with E-state index in [-0.39, 0.29) is 5.56 Å². The smallest absolute Gasteiger partial charge is 0.268 e. The van der Waals surface area contributed by atoms with E-state index in [0.29, 0.717) is 5.78 Å². The van der Waals surface area contributed by atoms with Crippen LogP contribution in [0, 0.1) is 6.92 Å². The molecule has 0 bridgehead atoms. The lowest BCUT2D eigenvalue weighted by atomic mass is 9.97. The quantitative estimate of drug-likeness (QED) is 0.546. The van der Waals surface area contributed by atoms with Gasteiger partial charge >= 0.3 is 0 Å². The van der Waals surface area contributed by atoms with Gasteiger partial charge in [0.05, 0.1) is 18.2 Å². The number of aromatic nitrogens is 4. The van der Waals surface area contributed by atoms with E-state index < -0.39 is 0 Å². The van der Waals surface area contributed by atoms with Crippen molar-refractivity contribution >= 4 is 27.3 Å². The molecule has 0 saturated heterocycles. The third kappa shape index (κ3) is 2.07. The van der Waals surface area contributed by atoms with Crippen LogP contribution in [0.2, 0.25) is 0 Å². The summed E-state index contributed by atoms with van der Waals surface area (Å²) in [6.07, 6.45) is 4.36. The van der Waals surface area contributed by atoms with Crippen LogP contribution < -0.4 is 10.3 Å². The lowest BCUT2D eigenvalue weighted by Crippen LogP contribution is -2.22. The van der Waals surface area contributed by atoms with Crippen molar-refractivity contribution in [2.24, 2.45) is 0 Å². The molecule has 0 amide bonds. The molecule has 3 heterocycles. The van der Waals surface area contributed by atoms with Crippen LogP contribution in [-0.2, 0) is 12.8 Å².